The van der Waals surface area contributed by atoms with E-state index in [1.807, 2.05) is 30.5 Å². The highest BCUT2D eigenvalue weighted by molar-refractivity contribution is 6.21. The third-order valence-electron chi connectivity index (χ3n) is 10.7. The first-order valence-corrected chi connectivity index (χ1v) is 18.2. The molecule has 53 heavy (non-hydrogen) atoms. The highest BCUT2D eigenvalue weighted by Gasteiger charge is 2.19. The van der Waals surface area contributed by atoms with Crippen LogP contribution in [0.1, 0.15) is 24.0 Å². The summed E-state index contributed by atoms with van der Waals surface area (Å²) in [5.41, 5.74) is 13.2. The van der Waals surface area contributed by atoms with E-state index in [0.717, 1.165) is 73.7 Å². The lowest BCUT2D eigenvalue weighted by Gasteiger charge is -2.18. The Morgan fingerprint density at radius 1 is 0.509 bits per heavy atom. The van der Waals surface area contributed by atoms with E-state index in [1.54, 1.807) is 0 Å². The lowest BCUT2D eigenvalue weighted by molar-refractivity contribution is 1.04. The van der Waals surface area contributed by atoms with Gasteiger partial charge in [0.1, 0.15) is 5.65 Å². The summed E-state index contributed by atoms with van der Waals surface area (Å²) < 4.78 is 2.30. The Balaban J connectivity index is 1.15. The third kappa shape index (κ3) is 5.15. The fraction of sp³-hybridized carbons (Fsp3) is 0.0400. The summed E-state index contributed by atoms with van der Waals surface area (Å²) in [5, 5.41) is 16.8. The van der Waals surface area contributed by atoms with Crippen molar-refractivity contribution < 1.29 is 0 Å². The molecule has 0 aliphatic heterocycles. The third-order valence-corrected chi connectivity index (χ3v) is 10.7. The molecule has 0 spiro atoms. The Kier molecular flexibility index (Phi) is 7.34. The predicted octanol–water partition coefficient (Wildman–Crippen LogP) is 13.1. The van der Waals surface area contributed by atoms with Crippen LogP contribution in [0.3, 0.4) is 0 Å². The second-order valence-corrected chi connectivity index (χ2v) is 13.7. The summed E-state index contributed by atoms with van der Waals surface area (Å²) in [6, 6.07) is 56.4. The zero-order chi connectivity index (χ0) is 35.3. The maximum Gasteiger partial charge on any atom is 0.145 e. The van der Waals surface area contributed by atoms with Gasteiger partial charge in [-0.2, -0.15) is 5.26 Å². The number of pyridine rings is 1. The van der Waals surface area contributed by atoms with Crippen molar-refractivity contribution in [2.24, 2.45) is 0 Å². The zero-order valence-corrected chi connectivity index (χ0v) is 29.0. The van der Waals surface area contributed by atoms with Crippen molar-refractivity contribution in [1.29, 1.82) is 5.26 Å². The van der Waals surface area contributed by atoms with Crippen molar-refractivity contribution in [3.63, 3.8) is 0 Å². The molecule has 0 bridgehead atoms. The first-order valence-electron chi connectivity index (χ1n) is 18.2. The molecule has 0 fully saturated rings. The molecule has 2 aromatic heterocycles. The summed E-state index contributed by atoms with van der Waals surface area (Å²) in [5.74, 6) is 0. The highest BCUT2D eigenvalue weighted by Crippen LogP contribution is 2.45. The number of hydrogen-bond donors (Lipinski definition) is 0. The van der Waals surface area contributed by atoms with Crippen molar-refractivity contribution in [3.8, 4) is 45.1 Å². The van der Waals surface area contributed by atoms with Gasteiger partial charge >= 0.3 is 0 Å². The standard InChI is InChI=1S/C50H33N3/c51-32-33-23-25-43-46(28-33)48(35-14-5-2-6-15-35)41-20-7-8-21-42(41)49(43)39-18-9-16-36(29-39)38-24-26-47-45(31-38)44-22-11-27-52-50(44)53(47)40-19-10-17-37(30-40)34-12-3-1-4-13-34/h2-3,5-31H,1,4H2. The van der Waals surface area contributed by atoms with Crippen LogP contribution >= 0.6 is 0 Å². The number of nitriles is 1. The van der Waals surface area contributed by atoms with E-state index in [2.05, 4.69) is 156 Å². The smallest absolute Gasteiger partial charge is 0.145 e. The lowest BCUT2D eigenvalue weighted by atomic mass is 9.85. The summed E-state index contributed by atoms with van der Waals surface area (Å²) in [6.07, 6.45) is 10.9. The molecule has 0 radical (unpaired) electrons. The number of benzene rings is 7. The van der Waals surface area contributed by atoms with Gasteiger partial charge in [-0.05, 0) is 134 Å². The van der Waals surface area contributed by atoms with Crippen molar-refractivity contribution in [1.82, 2.24) is 9.55 Å². The number of fused-ring (bicyclic) bond motifs is 5. The lowest BCUT2D eigenvalue weighted by Crippen LogP contribution is -1.97. The minimum Gasteiger partial charge on any atom is -0.294 e. The number of nitrogens with zero attached hydrogens (tertiary/aromatic N) is 3. The van der Waals surface area contributed by atoms with Crippen LogP contribution in [0.2, 0.25) is 0 Å². The molecule has 0 saturated carbocycles. The molecule has 0 saturated heterocycles. The van der Waals surface area contributed by atoms with Crippen LogP contribution in [0.5, 0.6) is 0 Å². The quantitative estimate of drug-likeness (QED) is 0.170. The van der Waals surface area contributed by atoms with Crippen LogP contribution in [0.4, 0.5) is 0 Å². The summed E-state index contributed by atoms with van der Waals surface area (Å²) in [6.45, 7) is 0. The van der Waals surface area contributed by atoms with E-state index in [9.17, 15) is 5.26 Å². The van der Waals surface area contributed by atoms with E-state index >= 15 is 0 Å². The summed E-state index contributed by atoms with van der Waals surface area (Å²) in [7, 11) is 0. The van der Waals surface area contributed by atoms with Gasteiger partial charge in [-0.1, -0.05) is 115 Å². The summed E-state index contributed by atoms with van der Waals surface area (Å²) >= 11 is 0. The Morgan fingerprint density at radius 3 is 2.06 bits per heavy atom. The zero-order valence-electron chi connectivity index (χ0n) is 29.0. The van der Waals surface area contributed by atoms with Crippen LogP contribution in [0.15, 0.2) is 176 Å². The average molecular weight is 676 g/mol. The highest BCUT2D eigenvalue weighted by atomic mass is 15.0. The van der Waals surface area contributed by atoms with Crippen LogP contribution in [-0.2, 0) is 0 Å². The Morgan fingerprint density at radius 2 is 1.23 bits per heavy atom. The van der Waals surface area contributed by atoms with E-state index in [0.29, 0.717) is 5.56 Å². The van der Waals surface area contributed by atoms with E-state index in [-0.39, 0.29) is 0 Å². The van der Waals surface area contributed by atoms with Crippen molar-refractivity contribution in [2.45, 2.75) is 12.8 Å². The first kappa shape index (κ1) is 30.8. The molecule has 2 heterocycles. The normalized spacial score (nSPS) is 12.8. The topological polar surface area (TPSA) is 41.6 Å². The van der Waals surface area contributed by atoms with Gasteiger partial charge in [-0.15, -0.1) is 0 Å². The van der Waals surface area contributed by atoms with Gasteiger partial charge in [0.2, 0.25) is 0 Å². The minimum absolute atomic E-state index is 0.654. The minimum atomic E-state index is 0.654. The molecule has 0 atom stereocenters. The molecule has 1 aliphatic rings. The SMILES string of the molecule is N#Cc1ccc2c(-c3cccc(-c4ccc5c(c4)c4cccnc4n5-c4cccc(C5=CCCC=C5)c4)c3)c3ccccc3c(-c3ccccc3)c2c1. The van der Waals surface area contributed by atoms with Crippen LogP contribution in [0.25, 0.3) is 88.1 Å². The van der Waals surface area contributed by atoms with E-state index in [1.165, 1.54) is 32.9 Å². The van der Waals surface area contributed by atoms with E-state index < -0.39 is 0 Å². The maximum atomic E-state index is 9.93. The monoisotopic (exact) mass is 675 g/mol. The van der Waals surface area contributed by atoms with Gasteiger partial charge in [0, 0.05) is 22.7 Å². The molecule has 0 amide bonds. The molecule has 7 aromatic carbocycles. The first-order chi connectivity index (χ1) is 26.2. The van der Waals surface area contributed by atoms with Gasteiger partial charge < -0.3 is 0 Å². The van der Waals surface area contributed by atoms with Crippen LogP contribution < -0.4 is 0 Å². The molecule has 10 rings (SSSR count). The van der Waals surface area contributed by atoms with Gasteiger partial charge in [-0.3, -0.25) is 4.57 Å². The number of aromatic nitrogens is 2. The maximum absolute atomic E-state index is 9.93. The average Bonchev–Trinajstić information content (AvgIpc) is 3.57. The molecule has 0 N–H and O–H groups in total. The van der Waals surface area contributed by atoms with E-state index in [4.69, 9.17) is 4.98 Å². The van der Waals surface area contributed by atoms with Gasteiger partial charge in [0.25, 0.3) is 0 Å². The Labute approximate surface area is 308 Å². The van der Waals surface area contributed by atoms with Gasteiger partial charge in [0.05, 0.1) is 17.1 Å². The van der Waals surface area contributed by atoms with Gasteiger partial charge in [0.15, 0.2) is 0 Å². The van der Waals surface area contributed by atoms with Crippen molar-refractivity contribution in [3.05, 3.63) is 187 Å². The fourth-order valence-corrected chi connectivity index (χ4v) is 8.27. The fourth-order valence-electron chi connectivity index (χ4n) is 8.27. The number of allylic oxidation sites excluding steroid dienone is 4. The number of hydrogen-bond acceptors (Lipinski definition) is 2. The van der Waals surface area contributed by atoms with Crippen LogP contribution in [-0.4, -0.2) is 9.55 Å². The van der Waals surface area contributed by atoms with Crippen molar-refractivity contribution >= 4 is 49.1 Å². The molecule has 248 valence electrons. The predicted molar refractivity (Wildman–Crippen MR) is 221 cm³/mol. The van der Waals surface area contributed by atoms with Crippen molar-refractivity contribution in [2.75, 3.05) is 0 Å². The summed E-state index contributed by atoms with van der Waals surface area (Å²) in [4.78, 5) is 4.91. The Hall–Kier alpha value is -7.02. The number of rotatable bonds is 5. The molecule has 3 heteroatoms. The molecule has 9 aromatic rings. The largest absolute Gasteiger partial charge is 0.294 e. The molecule has 0 unspecified atom stereocenters. The van der Waals surface area contributed by atoms with Crippen LogP contribution in [0, 0.1) is 11.3 Å². The Bertz CT molecular complexity index is 3010. The molecular weight excluding hydrogens is 643 g/mol. The molecule has 1 aliphatic carbocycles. The molecular formula is C50H33N3. The second-order valence-electron chi connectivity index (χ2n) is 13.7. The molecule has 3 nitrogen and oxygen atoms in total. The van der Waals surface area contributed by atoms with Gasteiger partial charge in [-0.25, -0.2) is 4.98 Å². The second kappa shape index (κ2) is 12.6.